The molecule has 8 nitrogen and oxygen atoms in total. The van der Waals surface area contributed by atoms with Crippen molar-refractivity contribution in [3.63, 3.8) is 0 Å². The van der Waals surface area contributed by atoms with Crippen LogP contribution in [-0.4, -0.2) is 44.8 Å². The van der Waals surface area contributed by atoms with Crippen molar-refractivity contribution in [1.29, 1.82) is 0 Å². The molecule has 0 aliphatic carbocycles. The molecule has 0 spiro atoms. The predicted molar refractivity (Wildman–Crippen MR) is 121 cm³/mol. The van der Waals surface area contributed by atoms with Gasteiger partial charge in [-0.2, -0.15) is 0 Å². The molecule has 33 heavy (non-hydrogen) atoms. The molecule has 4 rings (SSSR count). The Bertz CT molecular complexity index is 1120. The Labute approximate surface area is 191 Å². The van der Waals surface area contributed by atoms with Gasteiger partial charge in [0.15, 0.2) is 0 Å². The maximum Gasteiger partial charge on any atom is 0.259 e. The molecule has 0 saturated carbocycles. The lowest BCUT2D eigenvalue weighted by Crippen LogP contribution is -2.37. The van der Waals surface area contributed by atoms with Crippen LogP contribution in [0.4, 0.5) is 10.1 Å². The fourth-order valence-corrected chi connectivity index (χ4v) is 3.84. The number of benzene rings is 1. The number of likely N-dealkylation sites (tertiary alicyclic amines) is 1. The molecule has 1 aliphatic heterocycles. The summed E-state index contributed by atoms with van der Waals surface area (Å²) in [4.78, 5) is 40.3. The van der Waals surface area contributed by atoms with Crippen molar-refractivity contribution in [3.8, 4) is 0 Å². The molecule has 3 heterocycles. The maximum absolute atomic E-state index is 13.1. The molecule has 1 aliphatic rings. The van der Waals surface area contributed by atoms with Crippen molar-refractivity contribution in [2.24, 2.45) is 0 Å². The number of aryl methyl sites for hydroxylation is 1. The van der Waals surface area contributed by atoms with E-state index in [1.165, 1.54) is 30.5 Å². The summed E-state index contributed by atoms with van der Waals surface area (Å²) >= 11 is 0. The highest BCUT2D eigenvalue weighted by molar-refractivity contribution is 6.04. The van der Waals surface area contributed by atoms with E-state index in [0.717, 1.165) is 25.1 Å². The molecule has 1 atom stereocenters. The first kappa shape index (κ1) is 22.5. The van der Waals surface area contributed by atoms with Crippen molar-refractivity contribution in [1.82, 2.24) is 25.2 Å². The SMILES string of the molecule is Cc1nc([C@H]2CCCN2CC(=O)NCc2ccccn2)ncc1C(=O)Nc1ccc(F)cc1. The number of amides is 2. The first-order valence-corrected chi connectivity index (χ1v) is 10.8. The molecule has 9 heteroatoms. The van der Waals surface area contributed by atoms with Crippen LogP contribution in [0.3, 0.4) is 0 Å². The second kappa shape index (κ2) is 10.3. The van der Waals surface area contributed by atoms with Crippen molar-refractivity contribution in [2.45, 2.75) is 32.4 Å². The molecule has 1 saturated heterocycles. The number of pyridine rings is 1. The number of rotatable bonds is 7. The van der Waals surface area contributed by atoms with Crippen LogP contribution < -0.4 is 10.6 Å². The number of nitrogens with one attached hydrogen (secondary N) is 2. The Kier molecular flexibility index (Phi) is 6.99. The van der Waals surface area contributed by atoms with E-state index in [0.29, 0.717) is 29.3 Å². The van der Waals surface area contributed by atoms with Gasteiger partial charge in [-0.1, -0.05) is 6.07 Å². The van der Waals surface area contributed by atoms with Crippen LogP contribution in [0.25, 0.3) is 0 Å². The Morgan fingerprint density at radius 1 is 1.15 bits per heavy atom. The van der Waals surface area contributed by atoms with Crippen LogP contribution in [0.5, 0.6) is 0 Å². The average molecular weight is 449 g/mol. The molecular weight excluding hydrogens is 423 g/mol. The second-order valence-electron chi connectivity index (χ2n) is 7.91. The van der Waals surface area contributed by atoms with E-state index in [-0.39, 0.29) is 30.2 Å². The van der Waals surface area contributed by atoms with E-state index < -0.39 is 0 Å². The zero-order chi connectivity index (χ0) is 23.2. The van der Waals surface area contributed by atoms with E-state index >= 15 is 0 Å². The molecule has 1 aromatic carbocycles. The number of carbonyl (C=O) groups is 2. The van der Waals surface area contributed by atoms with Gasteiger partial charge in [0.25, 0.3) is 5.91 Å². The minimum absolute atomic E-state index is 0.0837. The van der Waals surface area contributed by atoms with E-state index in [9.17, 15) is 14.0 Å². The minimum Gasteiger partial charge on any atom is -0.349 e. The Balaban J connectivity index is 1.38. The highest BCUT2D eigenvalue weighted by Gasteiger charge is 2.30. The van der Waals surface area contributed by atoms with Gasteiger partial charge in [-0.25, -0.2) is 14.4 Å². The van der Waals surface area contributed by atoms with Crippen LogP contribution in [0.1, 0.15) is 46.5 Å². The van der Waals surface area contributed by atoms with Gasteiger partial charge in [0, 0.05) is 18.1 Å². The van der Waals surface area contributed by atoms with Crippen LogP contribution >= 0.6 is 0 Å². The summed E-state index contributed by atoms with van der Waals surface area (Å²) in [5.74, 6) is -0.216. The van der Waals surface area contributed by atoms with E-state index in [2.05, 4.69) is 30.5 Å². The van der Waals surface area contributed by atoms with Crippen LogP contribution in [0.2, 0.25) is 0 Å². The van der Waals surface area contributed by atoms with Gasteiger partial charge >= 0.3 is 0 Å². The molecule has 2 N–H and O–H groups in total. The normalized spacial score (nSPS) is 15.9. The minimum atomic E-state index is -0.372. The lowest BCUT2D eigenvalue weighted by Gasteiger charge is -2.23. The number of carbonyl (C=O) groups excluding carboxylic acids is 2. The molecule has 0 radical (unpaired) electrons. The molecule has 1 fully saturated rings. The van der Waals surface area contributed by atoms with Gasteiger partial charge in [-0.05, 0) is 62.7 Å². The summed E-state index contributed by atoms with van der Waals surface area (Å²) in [6.07, 6.45) is 4.98. The third-order valence-electron chi connectivity index (χ3n) is 5.55. The molecule has 170 valence electrons. The highest BCUT2D eigenvalue weighted by atomic mass is 19.1. The quantitative estimate of drug-likeness (QED) is 0.576. The van der Waals surface area contributed by atoms with Crippen LogP contribution in [0, 0.1) is 12.7 Å². The predicted octanol–water partition coefficient (Wildman–Crippen LogP) is 3.02. The smallest absolute Gasteiger partial charge is 0.259 e. The Morgan fingerprint density at radius 2 is 1.97 bits per heavy atom. The molecule has 2 aromatic heterocycles. The number of anilines is 1. The van der Waals surface area contributed by atoms with Gasteiger partial charge in [0.05, 0.1) is 36.1 Å². The summed E-state index contributed by atoms with van der Waals surface area (Å²) in [5.41, 5.74) is 2.19. The largest absolute Gasteiger partial charge is 0.349 e. The van der Waals surface area contributed by atoms with Gasteiger partial charge in [-0.15, -0.1) is 0 Å². The highest BCUT2D eigenvalue weighted by Crippen LogP contribution is 2.29. The van der Waals surface area contributed by atoms with Crippen molar-refractivity contribution < 1.29 is 14.0 Å². The topological polar surface area (TPSA) is 100 Å². The summed E-state index contributed by atoms with van der Waals surface area (Å²) < 4.78 is 13.1. The average Bonchev–Trinajstić information content (AvgIpc) is 3.27. The number of hydrogen-bond donors (Lipinski definition) is 2. The third-order valence-corrected chi connectivity index (χ3v) is 5.55. The number of nitrogens with zero attached hydrogens (tertiary/aromatic N) is 4. The molecule has 0 bridgehead atoms. The standard InChI is InChI=1S/C24H25FN6O2/c1-16-20(24(33)30-18-9-7-17(25)8-10-18)14-28-23(29-16)21-6-4-12-31(21)15-22(32)27-13-19-5-2-3-11-26-19/h2-3,5,7-11,14,21H,4,6,12-13,15H2,1H3,(H,27,32)(H,30,33)/t21-/m1/s1. The monoisotopic (exact) mass is 448 g/mol. The zero-order valence-corrected chi connectivity index (χ0v) is 18.3. The molecule has 0 unspecified atom stereocenters. The van der Waals surface area contributed by atoms with Gasteiger partial charge < -0.3 is 10.6 Å². The summed E-state index contributed by atoms with van der Waals surface area (Å²) in [7, 11) is 0. The first-order chi connectivity index (χ1) is 16.0. The van der Waals surface area contributed by atoms with E-state index in [4.69, 9.17) is 0 Å². The number of hydrogen-bond acceptors (Lipinski definition) is 6. The Morgan fingerprint density at radius 3 is 2.70 bits per heavy atom. The van der Waals surface area contributed by atoms with Crippen molar-refractivity contribution in [2.75, 3.05) is 18.4 Å². The lowest BCUT2D eigenvalue weighted by atomic mass is 10.1. The van der Waals surface area contributed by atoms with Gasteiger partial charge in [0.2, 0.25) is 5.91 Å². The number of aromatic nitrogens is 3. The fraction of sp³-hybridized carbons (Fsp3) is 0.292. The van der Waals surface area contributed by atoms with E-state index in [1.54, 1.807) is 13.1 Å². The fourth-order valence-electron chi connectivity index (χ4n) is 3.84. The van der Waals surface area contributed by atoms with Crippen molar-refractivity contribution >= 4 is 17.5 Å². The number of halogens is 1. The van der Waals surface area contributed by atoms with Gasteiger partial charge in [0.1, 0.15) is 11.6 Å². The zero-order valence-electron chi connectivity index (χ0n) is 18.3. The summed E-state index contributed by atoms with van der Waals surface area (Å²) in [6, 6.07) is 11.0. The third kappa shape index (κ3) is 5.75. The van der Waals surface area contributed by atoms with Gasteiger partial charge in [-0.3, -0.25) is 19.5 Å². The van der Waals surface area contributed by atoms with Crippen LogP contribution in [0.15, 0.2) is 54.9 Å². The Hall–Kier alpha value is -3.72. The molecule has 3 aromatic rings. The summed E-state index contributed by atoms with van der Waals surface area (Å²) in [6.45, 7) is 3.15. The maximum atomic E-state index is 13.1. The molecule has 2 amide bonds. The van der Waals surface area contributed by atoms with Crippen LogP contribution in [-0.2, 0) is 11.3 Å². The summed E-state index contributed by atoms with van der Waals surface area (Å²) in [5, 5.41) is 5.62. The van der Waals surface area contributed by atoms with Crippen molar-refractivity contribution in [3.05, 3.63) is 83.5 Å². The lowest BCUT2D eigenvalue weighted by molar-refractivity contribution is -0.122. The first-order valence-electron chi connectivity index (χ1n) is 10.8. The molecular formula is C24H25FN6O2. The van der Waals surface area contributed by atoms with E-state index in [1.807, 2.05) is 18.2 Å². The second-order valence-corrected chi connectivity index (χ2v) is 7.91.